The lowest BCUT2D eigenvalue weighted by atomic mass is 10.1. The van der Waals surface area contributed by atoms with E-state index in [9.17, 15) is 15.2 Å². The van der Waals surface area contributed by atoms with E-state index in [1.165, 1.54) is 10.8 Å². The van der Waals surface area contributed by atoms with Crippen LogP contribution in [0.15, 0.2) is 105 Å². The molecular weight excluding hydrogens is 426 g/mol. The maximum atomic E-state index is 12.8. The van der Waals surface area contributed by atoms with E-state index in [2.05, 4.69) is 15.2 Å². The molecule has 1 aromatic heterocycles. The Morgan fingerprint density at radius 3 is 2.06 bits per heavy atom. The van der Waals surface area contributed by atoms with E-state index in [1.807, 2.05) is 66.7 Å². The standard InChI is InChI=1S/C27H21N5O2/c1-19-24(16-28)26(33)32(18-20-8-4-2-5-9-20)27(34)25(19)17-29-21-12-14-23(15-13-21)31-30-22-10-6-3-7-11-22/h2-15,17,34H,18H2,1H3. The van der Waals surface area contributed by atoms with Crippen LogP contribution in [-0.4, -0.2) is 15.9 Å². The van der Waals surface area contributed by atoms with Crippen molar-refractivity contribution in [2.75, 3.05) is 0 Å². The molecule has 3 aromatic carbocycles. The Balaban J connectivity index is 1.62. The molecule has 0 radical (unpaired) electrons. The van der Waals surface area contributed by atoms with Gasteiger partial charge in [-0.05, 0) is 54.4 Å². The van der Waals surface area contributed by atoms with Crippen LogP contribution < -0.4 is 5.56 Å². The second-order valence-corrected chi connectivity index (χ2v) is 7.54. The zero-order valence-corrected chi connectivity index (χ0v) is 18.5. The third-order valence-corrected chi connectivity index (χ3v) is 5.26. The molecule has 166 valence electrons. The number of aromatic nitrogens is 1. The Morgan fingerprint density at radius 1 is 0.882 bits per heavy atom. The molecule has 0 unspecified atom stereocenters. The highest BCUT2D eigenvalue weighted by atomic mass is 16.3. The monoisotopic (exact) mass is 447 g/mol. The normalized spacial score (nSPS) is 11.2. The van der Waals surface area contributed by atoms with E-state index in [0.29, 0.717) is 22.5 Å². The van der Waals surface area contributed by atoms with Crippen molar-refractivity contribution in [2.45, 2.75) is 13.5 Å². The third kappa shape index (κ3) is 4.97. The lowest BCUT2D eigenvalue weighted by molar-refractivity contribution is 0.413. The summed E-state index contributed by atoms with van der Waals surface area (Å²) in [4.78, 5) is 17.2. The average molecular weight is 447 g/mol. The number of azo groups is 1. The second-order valence-electron chi connectivity index (χ2n) is 7.54. The van der Waals surface area contributed by atoms with Crippen molar-refractivity contribution in [2.24, 2.45) is 15.2 Å². The number of pyridine rings is 1. The van der Waals surface area contributed by atoms with Gasteiger partial charge in [0.2, 0.25) is 5.88 Å². The van der Waals surface area contributed by atoms with Crippen LogP contribution in [0.5, 0.6) is 5.88 Å². The van der Waals surface area contributed by atoms with Gasteiger partial charge in [-0.15, -0.1) is 0 Å². The zero-order valence-electron chi connectivity index (χ0n) is 18.5. The summed E-state index contributed by atoms with van der Waals surface area (Å²) in [6.45, 7) is 1.77. The molecule has 1 heterocycles. The largest absolute Gasteiger partial charge is 0.494 e. The van der Waals surface area contributed by atoms with Gasteiger partial charge >= 0.3 is 0 Å². The minimum absolute atomic E-state index is 0.0214. The minimum atomic E-state index is -0.536. The predicted octanol–water partition coefficient (Wildman–Crippen LogP) is 5.95. The van der Waals surface area contributed by atoms with Crippen molar-refractivity contribution >= 4 is 23.3 Å². The van der Waals surface area contributed by atoms with Crippen molar-refractivity contribution in [3.63, 3.8) is 0 Å². The summed E-state index contributed by atoms with van der Waals surface area (Å²) in [6, 6.07) is 27.8. The molecule has 0 bridgehead atoms. The Kier molecular flexibility index (Phi) is 6.70. The number of hydrogen-bond acceptors (Lipinski definition) is 6. The predicted molar refractivity (Wildman–Crippen MR) is 132 cm³/mol. The first kappa shape index (κ1) is 22.4. The molecular formula is C27H21N5O2. The Hall–Kier alpha value is -4.83. The highest BCUT2D eigenvalue weighted by Crippen LogP contribution is 2.24. The van der Waals surface area contributed by atoms with E-state index >= 15 is 0 Å². The number of rotatable bonds is 6. The minimum Gasteiger partial charge on any atom is -0.494 e. The van der Waals surface area contributed by atoms with Crippen LogP contribution in [0.1, 0.15) is 22.3 Å². The summed E-state index contributed by atoms with van der Waals surface area (Å²) in [6.07, 6.45) is 1.47. The maximum Gasteiger partial charge on any atom is 0.271 e. The van der Waals surface area contributed by atoms with E-state index < -0.39 is 5.56 Å². The summed E-state index contributed by atoms with van der Waals surface area (Å²) in [5.41, 5.74) is 3.02. The second kappa shape index (κ2) is 10.2. The highest BCUT2D eigenvalue weighted by Gasteiger charge is 2.18. The molecule has 0 spiro atoms. The molecule has 4 aromatic rings. The molecule has 0 aliphatic heterocycles. The van der Waals surface area contributed by atoms with Gasteiger partial charge in [0.15, 0.2) is 0 Å². The van der Waals surface area contributed by atoms with E-state index in [1.54, 1.807) is 31.2 Å². The van der Waals surface area contributed by atoms with Crippen molar-refractivity contribution in [3.05, 3.63) is 118 Å². The van der Waals surface area contributed by atoms with Crippen molar-refractivity contribution in [3.8, 4) is 11.9 Å². The number of nitrogens with zero attached hydrogens (tertiary/aromatic N) is 5. The Morgan fingerprint density at radius 2 is 1.44 bits per heavy atom. The molecule has 0 saturated carbocycles. The van der Waals surface area contributed by atoms with Crippen molar-refractivity contribution in [1.82, 2.24) is 4.57 Å². The van der Waals surface area contributed by atoms with Gasteiger partial charge in [0.05, 0.1) is 29.2 Å². The van der Waals surface area contributed by atoms with Crippen LogP contribution in [0.25, 0.3) is 0 Å². The molecule has 0 atom stereocenters. The first-order valence-corrected chi connectivity index (χ1v) is 10.6. The summed E-state index contributed by atoms with van der Waals surface area (Å²) < 4.78 is 1.19. The van der Waals surface area contributed by atoms with Gasteiger partial charge in [0.25, 0.3) is 5.56 Å². The fourth-order valence-corrected chi connectivity index (χ4v) is 3.39. The summed E-state index contributed by atoms with van der Waals surface area (Å²) in [7, 11) is 0. The van der Waals surface area contributed by atoms with Gasteiger partial charge < -0.3 is 5.11 Å². The molecule has 0 aliphatic rings. The lowest BCUT2D eigenvalue weighted by Gasteiger charge is -2.14. The molecule has 4 rings (SSSR count). The third-order valence-electron chi connectivity index (χ3n) is 5.26. The van der Waals surface area contributed by atoms with Crippen LogP contribution in [0.3, 0.4) is 0 Å². The number of aliphatic imine (C=N–C) groups is 1. The summed E-state index contributed by atoms with van der Waals surface area (Å²) in [5, 5.41) is 28.8. The van der Waals surface area contributed by atoms with Crippen molar-refractivity contribution in [1.29, 1.82) is 5.26 Å². The number of aromatic hydroxyl groups is 1. The molecule has 7 nitrogen and oxygen atoms in total. The topological polar surface area (TPSA) is 103 Å². The molecule has 0 fully saturated rings. The van der Waals surface area contributed by atoms with Crippen LogP contribution in [0.2, 0.25) is 0 Å². The zero-order chi connectivity index (χ0) is 23.9. The van der Waals surface area contributed by atoms with Gasteiger partial charge in [-0.1, -0.05) is 48.5 Å². The van der Waals surface area contributed by atoms with Crippen LogP contribution in [-0.2, 0) is 6.54 Å². The van der Waals surface area contributed by atoms with Gasteiger partial charge in [-0.25, -0.2) is 0 Å². The number of hydrogen-bond donors (Lipinski definition) is 1. The van der Waals surface area contributed by atoms with E-state index in [0.717, 1.165) is 11.3 Å². The van der Waals surface area contributed by atoms with Gasteiger partial charge in [-0.3, -0.25) is 14.4 Å². The summed E-state index contributed by atoms with van der Waals surface area (Å²) in [5.74, 6) is -0.234. The smallest absolute Gasteiger partial charge is 0.271 e. The fourth-order valence-electron chi connectivity index (χ4n) is 3.39. The van der Waals surface area contributed by atoms with Gasteiger partial charge in [0.1, 0.15) is 11.6 Å². The van der Waals surface area contributed by atoms with E-state index in [-0.39, 0.29) is 18.0 Å². The maximum absolute atomic E-state index is 12.8. The SMILES string of the molecule is Cc1c(C=Nc2ccc(N=Nc3ccccc3)cc2)c(O)n(Cc2ccccc2)c(=O)c1C#N. The quantitative estimate of drug-likeness (QED) is 0.292. The van der Waals surface area contributed by atoms with Gasteiger partial charge in [0, 0.05) is 6.21 Å². The number of nitriles is 1. The van der Waals surface area contributed by atoms with E-state index in [4.69, 9.17) is 0 Å². The highest BCUT2D eigenvalue weighted by molar-refractivity contribution is 5.87. The Bertz CT molecular complexity index is 1450. The molecule has 1 N–H and O–H groups in total. The molecule has 0 amide bonds. The lowest BCUT2D eigenvalue weighted by Crippen LogP contribution is -2.25. The van der Waals surface area contributed by atoms with Crippen LogP contribution in [0, 0.1) is 18.3 Å². The molecule has 7 heteroatoms. The fraction of sp³-hybridized carbons (Fsp3) is 0.0741. The molecule has 34 heavy (non-hydrogen) atoms. The molecule has 0 saturated heterocycles. The van der Waals surface area contributed by atoms with Gasteiger partial charge in [-0.2, -0.15) is 15.5 Å². The Labute approximate surface area is 196 Å². The van der Waals surface area contributed by atoms with Crippen molar-refractivity contribution < 1.29 is 5.11 Å². The first-order valence-electron chi connectivity index (χ1n) is 10.6. The molecule has 0 aliphatic carbocycles. The first-order chi connectivity index (χ1) is 16.6. The average Bonchev–Trinajstić information content (AvgIpc) is 2.87. The summed E-state index contributed by atoms with van der Waals surface area (Å²) >= 11 is 0. The van der Waals surface area contributed by atoms with Crippen LogP contribution in [0.4, 0.5) is 17.1 Å². The van der Waals surface area contributed by atoms with Crippen LogP contribution >= 0.6 is 0 Å². The number of benzene rings is 3.